The molecular formula is C16H28N4O. The van der Waals surface area contributed by atoms with E-state index in [1.807, 2.05) is 19.4 Å². The second-order valence-corrected chi connectivity index (χ2v) is 6.10. The van der Waals surface area contributed by atoms with E-state index in [0.29, 0.717) is 6.04 Å². The van der Waals surface area contributed by atoms with Crippen LogP contribution in [0.1, 0.15) is 51.0 Å². The van der Waals surface area contributed by atoms with Crippen LogP contribution in [0.3, 0.4) is 0 Å². The molecule has 0 bridgehead atoms. The van der Waals surface area contributed by atoms with E-state index in [0.717, 1.165) is 32.2 Å². The number of carbonyl (C=O) groups is 1. The third-order valence-electron chi connectivity index (χ3n) is 4.48. The van der Waals surface area contributed by atoms with E-state index >= 15 is 0 Å². The van der Waals surface area contributed by atoms with Gasteiger partial charge in [-0.05, 0) is 38.3 Å². The molecule has 1 aliphatic rings. The number of H-pyrrole nitrogens is 1. The van der Waals surface area contributed by atoms with Crippen LogP contribution in [0.15, 0.2) is 12.4 Å². The summed E-state index contributed by atoms with van der Waals surface area (Å²) in [6, 6.07) is 0.362. The van der Waals surface area contributed by atoms with Crippen LogP contribution in [0.2, 0.25) is 0 Å². The second kappa shape index (κ2) is 8.17. The minimum Gasteiger partial charge on any atom is -0.352 e. The van der Waals surface area contributed by atoms with Gasteiger partial charge in [0.2, 0.25) is 5.91 Å². The molecule has 5 heteroatoms. The largest absolute Gasteiger partial charge is 0.352 e. The first kappa shape index (κ1) is 16.0. The summed E-state index contributed by atoms with van der Waals surface area (Å²) in [4.78, 5) is 14.6. The van der Waals surface area contributed by atoms with Gasteiger partial charge in [-0.3, -0.25) is 14.8 Å². The maximum Gasteiger partial charge on any atom is 0.237 e. The van der Waals surface area contributed by atoms with Crippen LogP contribution in [0.25, 0.3) is 0 Å². The van der Waals surface area contributed by atoms with Crippen molar-refractivity contribution in [2.75, 3.05) is 13.6 Å². The van der Waals surface area contributed by atoms with E-state index in [-0.39, 0.29) is 11.9 Å². The lowest BCUT2D eigenvalue weighted by Crippen LogP contribution is -2.49. The molecule has 0 spiro atoms. The average molecular weight is 292 g/mol. The Kier molecular flexibility index (Phi) is 6.23. The molecule has 1 amide bonds. The first-order valence-corrected chi connectivity index (χ1v) is 8.19. The monoisotopic (exact) mass is 292 g/mol. The Morgan fingerprint density at radius 3 is 2.86 bits per heavy atom. The lowest BCUT2D eigenvalue weighted by molar-refractivity contribution is -0.127. The first-order chi connectivity index (χ1) is 10.2. The molecule has 1 aromatic heterocycles. The molecule has 0 saturated heterocycles. The number of aromatic nitrogens is 2. The van der Waals surface area contributed by atoms with Crippen LogP contribution in [0, 0.1) is 0 Å². The highest BCUT2D eigenvalue weighted by molar-refractivity contribution is 5.81. The molecule has 0 radical (unpaired) electrons. The van der Waals surface area contributed by atoms with Crippen LogP contribution in [-0.4, -0.2) is 46.7 Å². The Balaban J connectivity index is 1.80. The standard InChI is InChI=1S/C16H28N4O/c1-3-15(16(21)19-14-7-5-4-6-8-14)20(2)10-9-13-11-17-18-12-13/h11-12,14-15H,3-10H2,1-2H3,(H,17,18)(H,19,21)/t15-/m0/s1. The molecule has 21 heavy (non-hydrogen) atoms. The molecule has 118 valence electrons. The Hall–Kier alpha value is -1.36. The highest BCUT2D eigenvalue weighted by Crippen LogP contribution is 2.18. The van der Waals surface area contributed by atoms with Gasteiger partial charge < -0.3 is 5.32 Å². The molecule has 1 fully saturated rings. The van der Waals surface area contributed by atoms with Gasteiger partial charge in [0.1, 0.15) is 0 Å². The van der Waals surface area contributed by atoms with Crippen molar-refractivity contribution in [1.29, 1.82) is 0 Å². The molecule has 1 aliphatic carbocycles. The summed E-state index contributed by atoms with van der Waals surface area (Å²) in [6.45, 7) is 2.95. The fourth-order valence-corrected chi connectivity index (χ4v) is 3.12. The maximum absolute atomic E-state index is 12.5. The number of carbonyl (C=O) groups excluding carboxylic acids is 1. The van der Waals surface area contributed by atoms with Crippen molar-refractivity contribution in [2.24, 2.45) is 0 Å². The minimum atomic E-state index is -0.0289. The van der Waals surface area contributed by atoms with Gasteiger partial charge in [-0.15, -0.1) is 0 Å². The number of nitrogens with one attached hydrogen (secondary N) is 2. The van der Waals surface area contributed by atoms with E-state index in [4.69, 9.17) is 0 Å². The third kappa shape index (κ3) is 4.84. The van der Waals surface area contributed by atoms with E-state index in [2.05, 4.69) is 27.3 Å². The number of hydrogen-bond acceptors (Lipinski definition) is 3. The average Bonchev–Trinajstić information content (AvgIpc) is 3.00. The van der Waals surface area contributed by atoms with Crippen LogP contribution >= 0.6 is 0 Å². The van der Waals surface area contributed by atoms with Crippen LogP contribution in [0.5, 0.6) is 0 Å². The van der Waals surface area contributed by atoms with Crippen molar-refractivity contribution >= 4 is 5.91 Å². The molecule has 1 heterocycles. The Labute approximate surface area is 127 Å². The number of aromatic amines is 1. The lowest BCUT2D eigenvalue weighted by Gasteiger charge is -2.29. The SMILES string of the molecule is CC[C@@H](C(=O)NC1CCCCC1)N(C)CCc1cn[nH]c1. The summed E-state index contributed by atoms with van der Waals surface area (Å²) in [5.74, 6) is 0.194. The van der Waals surface area contributed by atoms with Crippen LogP contribution < -0.4 is 5.32 Å². The molecular weight excluding hydrogens is 264 g/mol. The smallest absolute Gasteiger partial charge is 0.237 e. The predicted octanol–water partition coefficient (Wildman–Crippen LogP) is 2.11. The van der Waals surface area contributed by atoms with Crippen LogP contribution in [-0.2, 0) is 11.2 Å². The van der Waals surface area contributed by atoms with Crippen molar-refractivity contribution in [3.8, 4) is 0 Å². The molecule has 0 unspecified atom stereocenters. The van der Waals surface area contributed by atoms with Crippen molar-refractivity contribution in [3.63, 3.8) is 0 Å². The van der Waals surface area contributed by atoms with E-state index in [9.17, 15) is 4.79 Å². The van der Waals surface area contributed by atoms with E-state index in [1.165, 1.54) is 24.8 Å². The molecule has 1 atom stereocenters. The first-order valence-electron chi connectivity index (χ1n) is 8.19. The number of hydrogen-bond donors (Lipinski definition) is 2. The normalized spacial score (nSPS) is 17.9. The fraction of sp³-hybridized carbons (Fsp3) is 0.750. The fourth-order valence-electron chi connectivity index (χ4n) is 3.12. The zero-order valence-electron chi connectivity index (χ0n) is 13.3. The topological polar surface area (TPSA) is 61.0 Å². The van der Waals surface area contributed by atoms with Gasteiger partial charge in [0.15, 0.2) is 0 Å². The van der Waals surface area contributed by atoms with Crippen molar-refractivity contribution < 1.29 is 4.79 Å². The zero-order chi connectivity index (χ0) is 15.1. The molecule has 1 saturated carbocycles. The molecule has 0 aromatic carbocycles. The summed E-state index contributed by atoms with van der Waals surface area (Å²) in [5, 5.41) is 10.0. The molecule has 0 aliphatic heterocycles. The second-order valence-electron chi connectivity index (χ2n) is 6.10. The number of nitrogens with zero attached hydrogens (tertiary/aromatic N) is 2. The van der Waals surface area contributed by atoms with Gasteiger partial charge >= 0.3 is 0 Å². The number of rotatable bonds is 7. The summed E-state index contributed by atoms with van der Waals surface area (Å²) >= 11 is 0. The van der Waals surface area contributed by atoms with Gasteiger partial charge in [-0.25, -0.2) is 0 Å². The van der Waals surface area contributed by atoms with Crippen LogP contribution in [0.4, 0.5) is 0 Å². The quantitative estimate of drug-likeness (QED) is 0.809. The maximum atomic E-state index is 12.5. The van der Waals surface area contributed by atoms with E-state index in [1.54, 1.807) is 0 Å². The highest BCUT2D eigenvalue weighted by atomic mass is 16.2. The van der Waals surface area contributed by atoms with Crippen molar-refractivity contribution in [2.45, 2.75) is 64.0 Å². The highest BCUT2D eigenvalue weighted by Gasteiger charge is 2.24. The van der Waals surface area contributed by atoms with Gasteiger partial charge in [0.25, 0.3) is 0 Å². The summed E-state index contributed by atoms with van der Waals surface area (Å²) in [5.41, 5.74) is 1.18. The number of amides is 1. The Morgan fingerprint density at radius 1 is 1.48 bits per heavy atom. The van der Waals surface area contributed by atoms with Gasteiger partial charge in [0.05, 0.1) is 12.2 Å². The zero-order valence-corrected chi connectivity index (χ0v) is 13.3. The molecule has 2 N–H and O–H groups in total. The van der Waals surface area contributed by atoms with Gasteiger partial charge in [-0.2, -0.15) is 5.10 Å². The third-order valence-corrected chi connectivity index (χ3v) is 4.48. The molecule has 2 rings (SSSR count). The van der Waals surface area contributed by atoms with Gasteiger partial charge in [-0.1, -0.05) is 26.2 Å². The molecule has 5 nitrogen and oxygen atoms in total. The van der Waals surface area contributed by atoms with E-state index < -0.39 is 0 Å². The van der Waals surface area contributed by atoms with Crippen molar-refractivity contribution in [1.82, 2.24) is 20.4 Å². The predicted molar refractivity (Wildman–Crippen MR) is 84.0 cm³/mol. The Bertz CT molecular complexity index is 412. The summed E-state index contributed by atoms with van der Waals surface area (Å²) in [7, 11) is 2.04. The Morgan fingerprint density at radius 2 is 2.24 bits per heavy atom. The summed E-state index contributed by atoms with van der Waals surface area (Å²) in [6.07, 6.45) is 11.6. The van der Waals surface area contributed by atoms with Crippen molar-refractivity contribution in [3.05, 3.63) is 18.0 Å². The minimum absolute atomic E-state index is 0.0289. The number of likely N-dealkylation sites (N-methyl/N-ethyl adjacent to an activating group) is 1. The van der Waals surface area contributed by atoms with Gasteiger partial charge in [0, 0.05) is 18.8 Å². The summed E-state index contributed by atoms with van der Waals surface area (Å²) < 4.78 is 0. The lowest BCUT2D eigenvalue weighted by atomic mass is 9.95. The molecule has 1 aromatic rings.